The van der Waals surface area contributed by atoms with Crippen LogP contribution in [0.5, 0.6) is 11.5 Å². The third-order valence-electron chi connectivity index (χ3n) is 4.78. The van der Waals surface area contributed by atoms with Crippen molar-refractivity contribution in [3.63, 3.8) is 0 Å². The lowest BCUT2D eigenvalue weighted by Crippen LogP contribution is -2.24. The molecule has 2 aromatic carbocycles. The zero-order chi connectivity index (χ0) is 23.6. The molecule has 0 bridgehead atoms. The Balaban J connectivity index is 1.66. The van der Waals surface area contributed by atoms with Gasteiger partial charge in [-0.2, -0.15) is 22.7 Å². The Hall–Kier alpha value is -4.15. The molecule has 2 heterocycles. The van der Waals surface area contributed by atoms with Crippen LogP contribution in [0, 0.1) is 0 Å². The molecule has 0 aliphatic rings. The first-order chi connectivity index (χ1) is 15.8. The van der Waals surface area contributed by atoms with Crippen LogP contribution in [0.25, 0.3) is 17.0 Å². The summed E-state index contributed by atoms with van der Waals surface area (Å²) in [5, 5.41) is 6.34. The lowest BCUT2D eigenvalue weighted by Gasteiger charge is -2.10. The van der Waals surface area contributed by atoms with Crippen molar-refractivity contribution in [3.8, 4) is 22.8 Å². The Bertz CT molecular complexity index is 1300. The van der Waals surface area contributed by atoms with Crippen molar-refractivity contribution in [3.05, 3.63) is 71.7 Å². The van der Waals surface area contributed by atoms with Crippen LogP contribution in [0.15, 0.2) is 54.6 Å². The monoisotopic (exact) mass is 457 g/mol. The second-order valence-electron chi connectivity index (χ2n) is 6.93. The summed E-state index contributed by atoms with van der Waals surface area (Å²) in [6, 6.07) is 14.2. The zero-order valence-electron chi connectivity index (χ0n) is 17.6. The Morgan fingerprint density at radius 3 is 2.39 bits per heavy atom. The third kappa shape index (κ3) is 4.71. The number of nitrogens with one attached hydrogen (secondary N) is 1. The summed E-state index contributed by atoms with van der Waals surface area (Å²) in [6.45, 7) is 0.113. The number of hydrogen-bond acceptors (Lipinski definition) is 6. The predicted octanol–water partition coefficient (Wildman–Crippen LogP) is 3.76. The van der Waals surface area contributed by atoms with Crippen LogP contribution in [0.3, 0.4) is 0 Å². The summed E-state index contributed by atoms with van der Waals surface area (Å²) < 4.78 is 51.9. The molecule has 2 aromatic heterocycles. The molecular formula is C22H18F3N5O3. The molecule has 33 heavy (non-hydrogen) atoms. The predicted molar refractivity (Wildman–Crippen MR) is 112 cm³/mol. The molecular weight excluding hydrogens is 439 g/mol. The third-order valence-corrected chi connectivity index (χ3v) is 4.78. The molecule has 0 atom stereocenters. The van der Waals surface area contributed by atoms with Crippen molar-refractivity contribution in [2.45, 2.75) is 12.7 Å². The Labute approximate surface area is 186 Å². The van der Waals surface area contributed by atoms with Crippen molar-refractivity contribution >= 4 is 11.7 Å². The molecule has 8 nitrogen and oxygen atoms in total. The van der Waals surface area contributed by atoms with E-state index in [1.807, 2.05) is 0 Å². The second-order valence-corrected chi connectivity index (χ2v) is 6.93. The average molecular weight is 457 g/mol. The van der Waals surface area contributed by atoms with Gasteiger partial charge in [0.05, 0.1) is 19.9 Å². The first-order valence-corrected chi connectivity index (χ1v) is 9.69. The number of carbonyl (C=O) groups is 1. The molecule has 170 valence electrons. The first kappa shape index (κ1) is 22.1. The molecule has 4 rings (SSSR count). The fourth-order valence-electron chi connectivity index (χ4n) is 3.12. The number of methoxy groups -OCH3 is 2. The highest BCUT2D eigenvalue weighted by Crippen LogP contribution is 2.32. The van der Waals surface area contributed by atoms with Crippen LogP contribution in [-0.2, 0) is 12.7 Å². The van der Waals surface area contributed by atoms with Crippen LogP contribution < -0.4 is 14.8 Å². The van der Waals surface area contributed by atoms with Gasteiger partial charge in [0.25, 0.3) is 11.7 Å². The summed E-state index contributed by atoms with van der Waals surface area (Å²) in [6.07, 6.45) is -4.75. The summed E-state index contributed by atoms with van der Waals surface area (Å²) in [5.74, 6) is -0.349. The number of carbonyl (C=O) groups excluding carboxylic acids is 1. The quantitative estimate of drug-likeness (QED) is 0.474. The smallest absolute Gasteiger partial charge is 0.433 e. The normalized spacial score (nSPS) is 11.4. The molecule has 0 spiro atoms. The molecule has 0 fully saturated rings. The van der Waals surface area contributed by atoms with Crippen molar-refractivity contribution < 1.29 is 27.4 Å². The maximum absolute atomic E-state index is 13.7. The van der Waals surface area contributed by atoms with E-state index in [0.717, 1.165) is 11.6 Å². The molecule has 11 heteroatoms. The fraction of sp³-hybridized carbons (Fsp3) is 0.182. The number of nitrogens with zero attached hydrogens (tertiary/aromatic N) is 4. The maximum atomic E-state index is 13.7. The van der Waals surface area contributed by atoms with Crippen molar-refractivity contribution in [2.75, 3.05) is 14.2 Å². The van der Waals surface area contributed by atoms with Crippen molar-refractivity contribution in [1.29, 1.82) is 0 Å². The summed E-state index contributed by atoms with van der Waals surface area (Å²) >= 11 is 0. The van der Waals surface area contributed by atoms with E-state index in [4.69, 9.17) is 9.47 Å². The van der Waals surface area contributed by atoms with Crippen LogP contribution in [0.1, 0.15) is 21.9 Å². The minimum absolute atomic E-state index is 0.0354. The lowest BCUT2D eigenvalue weighted by molar-refractivity contribution is -0.142. The molecule has 4 aromatic rings. The van der Waals surface area contributed by atoms with E-state index >= 15 is 0 Å². The first-order valence-electron chi connectivity index (χ1n) is 9.69. The SMILES string of the molecule is COc1ccc(-c2cc(C(F)(F)F)n3nc(C(=O)NCc4cccc(OC)c4)nc3n2)cc1. The van der Waals surface area contributed by atoms with E-state index in [0.29, 0.717) is 21.6 Å². The van der Waals surface area contributed by atoms with E-state index in [-0.39, 0.29) is 18.0 Å². The highest BCUT2D eigenvalue weighted by atomic mass is 19.4. The van der Waals surface area contributed by atoms with E-state index in [2.05, 4.69) is 20.4 Å². The van der Waals surface area contributed by atoms with Gasteiger partial charge in [-0.15, -0.1) is 5.10 Å². The fourth-order valence-corrected chi connectivity index (χ4v) is 3.12. The van der Waals surface area contributed by atoms with Crippen LogP contribution in [-0.4, -0.2) is 39.7 Å². The standard InChI is InChI=1S/C22H18F3N5O3/c1-32-15-8-6-14(7-9-15)17-11-18(22(23,24)25)30-21(27-17)28-19(29-30)20(31)26-12-13-4-3-5-16(10-13)33-2/h3-11H,12H2,1-2H3,(H,26,31). The lowest BCUT2D eigenvalue weighted by atomic mass is 10.1. The van der Waals surface area contributed by atoms with Crippen molar-refractivity contribution in [2.24, 2.45) is 0 Å². The van der Waals surface area contributed by atoms with Gasteiger partial charge in [0.15, 0.2) is 5.69 Å². The zero-order valence-corrected chi connectivity index (χ0v) is 17.6. The highest BCUT2D eigenvalue weighted by molar-refractivity contribution is 5.90. The van der Waals surface area contributed by atoms with Crippen LogP contribution in [0.4, 0.5) is 13.2 Å². The Kier molecular flexibility index (Phi) is 5.86. The molecule has 0 aliphatic heterocycles. The average Bonchev–Trinajstić information content (AvgIpc) is 3.25. The maximum Gasteiger partial charge on any atom is 0.433 e. The van der Waals surface area contributed by atoms with Gasteiger partial charge in [-0.05, 0) is 48.0 Å². The van der Waals surface area contributed by atoms with E-state index < -0.39 is 23.6 Å². The molecule has 0 saturated heterocycles. The number of halogens is 3. The Morgan fingerprint density at radius 2 is 1.73 bits per heavy atom. The number of hydrogen-bond donors (Lipinski definition) is 1. The number of rotatable bonds is 6. The number of fused-ring (bicyclic) bond motifs is 1. The van der Waals surface area contributed by atoms with Crippen LogP contribution >= 0.6 is 0 Å². The van der Waals surface area contributed by atoms with Gasteiger partial charge in [0.2, 0.25) is 5.82 Å². The van der Waals surface area contributed by atoms with Gasteiger partial charge < -0.3 is 14.8 Å². The van der Waals surface area contributed by atoms with Crippen molar-refractivity contribution in [1.82, 2.24) is 24.9 Å². The van der Waals surface area contributed by atoms with Gasteiger partial charge in [-0.25, -0.2) is 4.98 Å². The molecule has 0 unspecified atom stereocenters. The molecule has 1 amide bonds. The topological polar surface area (TPSA) is 90.6 Å². The van der Waals surface area contributed by atoms with Gasteiger partial charge in [-0.1, -0.05) is 12.1 Å². The Morgan fingerprint density at radius 1 is 1.00 bits per heavy atom. The van der Waals surface area contributed by atoms with Gasteiger partial charge >= 0.3 is 6.18 Å². The molecule has 1 N–H and O–H groups in total. The number of benzene rings is 2. The van der Waals surface area contributed by atoms with Gasteiger partial charge in [0, 0.05) is 12.1 Å². The van der Waals surface area contributed by atoms with Gasteiger partial charge in [-0.3, -0.25) is 4.79 Å². The molecule has 0 aliphatic carbocycles. The summed E-state index contributed by atoms with van der Waals surface area (Å²) in [7, 11) is 3.00. The highest BCUT2D eigenvalue weighted by Gasteiger charge is 2.36. The summed E-state index contributed by atoms with van der Waals surface area (Å²) in [5.41, 5.74) is 0.101. The number of alkyl halides is 3. The minimum Gasteiger partial charge on any atom is -0.497 e. The van der Waals surface area contributed by atoms with E-state index in [1.54, 1.807) is 48.5 Å². The minimum atomic E-state index is -4.75. The number of amides is 1. The van der Waals surface area contributed by atoms with Crippen LogP contribution in [0.2, 0.25) is 0 Å². The molecule has 0 saturated carbocycles. The van der Waals surface area contributed by atoms with Gasteiger partial charge in [0.1, 0.15) is 11.5 Å². The second kappa shape index (κ2) is 8.77. The molecule has 0 radical (unpaired) electrons. The largest absolute Gasteiger partial charge is 0.497 e. The van der Waals surface area contributed by atoms with E-state index in [1.165, 1.54) is 14.2 Å². The number of ether oxygens (including phenoxy) is 2. The van der Waals surface area contributed by atoms with E-state index in [9.17, 15) is 18.0 Å². The summed E-state index contributed by atoms with van der Waals surface area (Å²) in [4.78, 5) is 20.6. The number of aromatic nitrogens is 4.